The third-order valence-corrected chi connectivity index (χ3v) is 6.58. The zero-order valence-corrected chi connectivity index (χ0v) is 19.2. The molecule has 6 aromatic rings. The maximum Gasteiger partial charge on any atom is 0.149 e. The lowest BCUT2D eigenvalue weighted by Crippen LogP contribution is -2.07. The Morgan fingerprint density at radius 3 is 2.42 bits per heavy atom. The van der Waals surface area contributed by atoms with Crippen molar-refractivity contribution in [3.63, 3.8) is 0 Å². The van der Waals surface area contributed by atoms with Crippen LogP contribution in [-0.2, 0) is 6.42 Å². The second-order valence-corrected chi connectivity index (χ2v) is 8.90. The van der Waals surface area contributed by atoms with E-state index in [0.29, 0.717) is 5.92 Å². The molecule has 6 rings (SSSR count). The van der Waals surface area contributed by atoms with Crippen molar-refractivity contribution in [3.05, 3.63) is 96.1 Å². The summed E-state index contributed by atoms with van der Waals surface area (Å²) in [6.45, 7) is 6.75. The van der Waals surface area contributed by atoms with E-state index in [0.717, 1.165) is 50.8 Å². The van der Waals surface area contributed by atoms with Crippen LogP contribution in [0.2, 0.25) is 0 Å². The molecular weight excluding hydrogens is 404 g/mol. The number of para-hydroxylation sites is 5. The predicted molar refractivity (Wildman–Crippen MR) is 137 cm³/mol. The van der Waals surface area contributed by atoms with Gasteiger partial charge in [0.25, 0.3) is 0 Å². The average molecular weight is 431 g/mol. The number of imidazole rings is 1. The number of rotatable bonds is 4. The molecule has 0 aliphatic carbocycles. The molecule has 4 aromatic carbocycles. The summed E-state index contributed by atoms with van der Waals surface area (Å²) < 4.78 is 8.76. The highest BCUT2D eigenvalue weighted by Gasteiger charge is 2.22. The van der Waals surface area contributed by atoms with Crippen molar-refractivity contribution in [3.8, 4) is 17.1 Å². The van der Waals surface area contributed by atoms with Gasteiger partial charge in [-0.2, -0.15) is 0 Å². The van der Waals surface area contributed by atoms with Crippen LogP contribution in [0.3, 0.4) is 0 Å². The summed E-state index contributed by atoms with van der Waals surface area (Å²) in [6.07, 6.45) is 0.955. The summed E-state index contributed by atoms with van der Waals surface area (Å²) in [6, 6.07) is 29.7. The number of aromatic nitrogens is 2. The number of hydrogen-bond donors (Lipinski definition) is 0. The van der Waals surface area contributed by atoms with Crippen molar-refractivity contribution < 1.29 is 4.42 Å². The number of benzene rings is 4. The Morgan fingerprint density at radius 2 is 1.58 bits per heavy atom. The van der Waals surface area contributed by atoms with Crippen molar-refractivity contribution in [1.82, 2.24) is 9.55 Å². The second-order valence-electron chi connectivity index (χ2n) is 8.90. The lowest BCUT2D eigenvalue weighted by atomic mass is 9.96. The van der Waals surface area contributed by atoms with Crippen molar-refractivity contribution in [2.24, 2.45) is 0 Å². The number of furan rings is 1. The highest BCUT2D eigenvalue weighted by molar-refractivity contribution is 6.09. The van der Waals surface area contributed by atoms with Crippen LogP contribution in [0.4, 0.5) is 0 Å². The van der Waals surface area contributed by atoms with Gasteiger partial charge in [-0.15, -0.1) is 0 Å². The second kappa shape index (κ2) is 7.63. The largest absolute Gasteiger partial charge is 0.455 e. The molecule has 33 heavy (non-hydrogen) atoms. The van der Waals surface area contributed by atoms with Gasteiger partial charge in [0.15, 0.2) is 0 Å². The molecular formula is C30H26N2O. The van der Waals surface area contributed by atoms with Gasteiger partial charge in [-0.1, -0.05) is 81.4 Å². The van der Waals surface area contributed by atoms with Crippen molar-refractivity contribution in [2.75, 3.05) is 0 Å². The average Bonchev–Trinajstić information content (AvgIpc) is 3.42. The van der Waals surface area contributed by atoms with Gasteiger partial charge in [-0.3, -0.25) is 4.57 Å². The van der Waals surface area contributed by atoms with E-state index >= 15 is 0 Å². The molecule has 2 heterocycles. The summed E-state index contributed by atoms with van der Waals surface area (Å²) in [4.78, 5) is 5.16. The summed E-state index contributed by atoms with van der Waals surface area (Å²) in [5, 5.41) is 2.25. The molecule has 0 unspecified atom stereocenters. The minimum absolute atomic E-state index is 0.391. The molecule has 0 radical (unpaired) electrons. The zero-order valence-electron chi connectivity index (χ0n) is 19.2. The van der Waals surface area contributed by atoms with E-state index in [9.17, 15) is 0 Å². The molecule has 0 atom stereocenters. The summed E-state index contributed by atoms with van der Waals surface area (Å²) in [5.74, 6) is 1.31. The van der Waals surface area contributed by atoms with Crippen LogP contribution < -0.4 is 0 Å². The van der Waals surface area contributed by atoms with Crippen LogP contribution >= 0.6 is 0 Å². The fraction of sp³-hybridized carbons (Fsp3) is 0.167. The first-order valence-electron chi connectivity index (χ1n) is 11.7. The minimum Gasteiger partial charge on any atom is -0.455 e. The smallest absolute Gasteiger partial charge is 0.149 e. The molecule has 0 saturated carbocycles. The Balaban J connectivity index is 1.76. The van der Waals surface area contributed by atoms with Crippen molar-refractivity contribution in [2.45, 2.75) is 33.1 Å². The Bertz CT molecular complexity index is 1630. The van der Waals surface area contributed by atoms with E-state index in [1.165, 1.54) is 16.8 Å². The number of aryl methyl sites for hydroxylation is 1. The third kappa shape index (κ3) is 3.00. The molecule has 0 bridgehead atoms. The van der Waals surface area contributed by atoms with Crippen molar-refractivity contribution >= 4 is 33.0 Å². The van der Waals surface area contributed by atoms with Crippen molar-refractivity contribution in [1.29, 1.82) is 0 Å². The lowest BCUT2D eigenvalue weighted by molar-refractivity contribution is 0.669. The van der Waals surface area contributed by atoms with E-state index in [2.05, 4.69) is 98.1 Å². The Kier molecular flexibility index (Phi) is 4.58. The summed E-state index contributed by atoms with van der Waals surface area (Å²) in [5.41, 5.74) is 8.80. The van der Waals surface area contributed by atoms with Gasteiger partial charge < -0.3 is 4.42 Å². The maximum atomic E-state index is 6.41. The van der Waals surface area contributed by atoms with Crippen LogP contribution in [-0.4, -0.2) is 9.55 Å². The Hall–Kier alpha value is -3.85. The fourth-order valence-electron chi connectivity index (χ4n) is 4.99. The van der Waals surface area contributed by atoms with Gasteiger partial charge in [0.2, 0.25) is 0 Å². The van der Waals surface area contributed by atoms with Crippen LogP contribution in [0.25, 0.3) is 50.0 Å². The SMILES string of the molecule is CCc1cccc(C(C)C)c1-n1c(-c2cccc3c2oc2ccccc23)nc2ccccc21. The quantitative estimate of drug-likeness (QED) is 0.282. The highest BCUT2D eigenvalue weighted by atomic mass is 16.3. The van der Waals surface area contributed by atoms with E-state index in [4.69, 9.17) is 9.40 Å². The van der Waals surface area contributed by atoms with Crippen LogP contribution in [0, 0.1) is 0 Å². The van der Waals surface area contributed by atoms with E-state index in [-0.39, 0.29) is 0 Å². The third-order valence-electron chi connectivity index (χ3n) is 6.58. The minimum atomic E-state index is 0.391. The van der Waals surface area contributed by atoms with Crippen LogP contribution in [0.1, 0.15) is 37.8 Å². The standard InChI is InChI=1S/C30H26N2O/c1-4-20-11-9-13-21(19(2)3)28(20)32-26-17-7-6-16-25(26)31-30(32)24-15-10-14-23-22-12-5-8-18-27(22)33-29(23)24/h5-19H,4H2,1-3H3. The molecule has 3 heteroatoms. The monoisotopic (exact) mass is 430 g/mol. The molecule has 0 fully saturated rings. The molecule has 0 aliphatic heterocycles. The van der Waals surface area contributed by atoms with Gasteiger partial charge in [0.05, 0.1) is 22.3 Å². The molecule has 162 valence electrons. The molecule has 0 saturated heterocycles. The normalized spacial score (nSPS) is 11.9. The van der Waals surface area contributed by atoms with Gasteiger partial charge >= 0.3 is 0 Å². The molecule has 0 spiro atoms. The Morgan fingerprint density at radius 1 is 0.818 bits per heavy atom. The lowest BCUT2D eigenvalue weighted by Gasteiger charge is -2.20. The maximum absolute atomic E-state index is 6.41. The summed E-state index contributed by atoms with van der Waals surface area (Å²) in [7, 11) is 0. The van der Waals surface area contributed by atoms with E-state index in [1.54, 1.807) is 0 Å². The molecule has 3 nitrogen and oxygen atoms in total. The van der Waals surface area contributed by atoms with Gasteiger partial charge in [-0.25, -0.2) is 4.98 Å². The number of hydrogen-bond acceptors (Lipinski definition) is 2. The zero-order chi connectivity index (χ0) is 22.5. The predicted octanol–water partition coefficient (Wildman–Crippen LogP) is 8.28. The van der Waals surface area contributed by atoms with E-state index < -0.39 is 0 Å². The number of nitrogens with zero attached hydrogens (tertiary/aromatic N) is 2. The number of fused-ring (bicyclic) bond motifs is 4. The topological polar surface area (TPSA) is 31.0 Å². The molecule has 0 aliphatic rings. The van der Waals surface area contributed by atoms with Crippen LogP contribution in [0.15, 0.2) is 89.3 Å². The molecule has 0 amide bonds. The van der Waals surface area contributed by atoms with Gasteiger partial charge in [0, 0.05) is 10.8 Å². The molecule has 0 N–H and O–H groups in total. The first-order valence-corrected chi connectivity index (χ1v) is 11.7. The van der Waals surface area contributed by atoms with Crippen LogP contribution in [0.5, 0.6) is 0 Å². The van der Waals surface area contributed by atoms with Gasteiger partial charge in [0.1, 0.15) is 17.0 Å². The highest BCUT2D eigenvalue weighted by Crippen LogP contribution is 2.39. The Labute approximate surface area is 193 Å². The first-order chi connectivity index (χ1) is 16.2. The first kappa shape index (κ1) is 19.8. The molecule has 2 aromatic heterocycles. The van der Waals surface area contributed by atoms with Gasteiger partial charge in [-0.05, 0) is 47.7 Å². The van der Waals surface area contributed by atoms with E-state index in [1.807, 2.05) is 12.1 Å². The fourth-order valence-corrected chi connectivity index (χ4v) is 4.99. The summed E-state index contributed by atoms with van der Waals surface area (Å²) >= 11 is 0.